The van der Waals surface area contributed by atoms with E-state index < -0.39 is 74.3 Å². The number of aryl methyl sites for hydroxylation is 1. The van der Waals surface area contributed by atoms with Crippen LogP contribution in [0, 0.1) is 12.8 Å². The molecule has 5 rings (SSSR count). The maximum atomic E-state index is 11.1. The molecule has 1 aromatic heterocycles. The van der Waals surface area contributed by atoms with E-state index >= 15 is 0 Å². The number of aliphatic hydroxyl groups is 7. The van der Waals surface area contributed by atoms with E-state index in [1.165, 1.54) is 0 Å². The minimum atomic E-state index is -1.60. The second kappa shape index (κ2) is 12.5. The largest absolute Gasteiger partial charge is 0.462 e. The van der Waals surface area contributed by atoms with Gasteiger partial charge in [-0.1, -0.05) is 24.3 Å². The lowest BCUT2D eigenvalue weighted by Gasteiger charge is -2.46. The van der Waals surface area contributed by atoms with Crippen LogP contribution < -0.4 is 4.74 Å². The van der Waals surface area contributed by atoms with Gasteiger partial charge in [0.15, 0.2) is 0 Å². The smallest absolute Gasteiger partial charge is 0.247 e. The first-order valence-corrected chi connectivity index (χ1v) is 13.3. The maximum absolute atomic E-state index is 11.1. The normalized spacial score (nSPS) is 34.0. The molecule has 0 saturated carbocycles. The van der Waals surface area contributed by atoms with Crippen LogP contribution in [0.15, 0.2) is 52.9 Å². The second-order valence-electron chi connectivity index (χ2n) is 10.3. The van der Waals surface area contributed by atoms with E-state index in [0.29, 0.717) is 17.5 Å². The Morgan fingerprint density at radius 2 is 1.22 bits per heavy atom. The van der Waals surface area contributed by atoms with Gasteiger partial charge in [-0.15, -0.1) is 10.2 Å². The van der Waals surface area contributed by atoms with Crippen molar-refractivity contribution in [1.29, 1.82) is 0 Å². The van der Waals surface area contributed by atoms with Crippen molar-refractivity contribution in [2.45, 2.75) is 68.5 Å². The second-order valence-corrected chi connectivity index (χ2v) is 10.3. The Labute approximate surface area is 235 Å². The third-order valence-electron chi connectivity index (χ3n) is 7.62. The van der Waals surface area contributed by atoms with Crippen molar-refractivity contribution >= 4 is 0 Å². The topological polar surface area (TPSA) is 208 Å². The van der Waals surface area contributed by atoms with Gasteiger partial charge in [0.2, 0.25) is 18.1 Å². The number of hydrogen-bond donors (Lipinski definition) is 7. The fraction of sp³-hybridized carbons (Fsp3) is 0.500. The number of ether oxygens (including phenoxy) is 3. The van der Waals surface area contributed by atoms with Gasteiger partial charge < -0.3 is 54.4 Å². The predicted octanol–water partition coefficient (Wildman–Crippen LogP) is -0.621. The third-order valence-corrected chi connectivity index (χ3v) is 7.62. The fourth-order valence-electron chi connectivity index (χ4n) is 5.26. The average molecular weight is 575 g/mol. The van der Waals surface area contributed by atoms with Crippen molar-refractivity contribution in [1.82, 2.24) is 10.2 Å². The minimum absolute atomic E-state index is 0.179. The monoisotopic (exact) mass is 574 g/mol. The molecular formula is C28H34N2O11. The van der Waals surface area contributed by atoms with Gasteiger partial charge in [0.25, 0.3) is 0 Å². The summed E-state index contributed by atoms with van der Waals surface area (Å²) in [6.07, 6.45) is -12.3. The fourth-order valence-corrected chi connectivity index (χ4v) is 5.26. The summed E-state index contributed by atoms with van der Waals surface area (Å²) in [5.41, 5.74) is 2.60. The van der Waals surface area contributed by atoms with Crippen molar-refractivity contribution in [2.75, 3.05) is 13.2 Å². The highest BCUT2D eigenvalue weighted by atomic mass is 16.7. The summed E-state index contributed by atoms with van der Waals surface area (Å²) in [5.74, 6) is 0.259. The van der Waals surface area contributed by atoms with Gasteiger partial charge >= 0.3 is 0 Å². The van der Waals surface area contributed by atoms with E-state index in [1.807, 2.05) is 36.4 Å². The van der Waals surface area contributed by atoms with E-state index in [4.69, 9.17) is 18.6 Å². The van der Waals surface area contributed by atoms with E-state index in [9.17, 15) is 35.7 Å². The van der Waals surface area contributed by atoms with E-state index in [1.54, 1.807) is 19.1 Å². The van der Waals surface area contributed by atoms with Gasteiger partial charge in [0.1, 0.15) is 42.4 Å². The molecule has 0 radical (unpaired) electrons. The number of benzene rings is 2. The molecule has 13 nitrogen and oxygen atoms in total. The Morgan fingerprint density at radius 3 is 1.80 bits per heavy atom. The summed E-state index contributed by atoms with van der Waals surface area (Å²) in [5, 5.41) is 79.6. The molecule has 13 heteroatoms. The summed E-state index contributed by atoms with van der Waals surface area (Å²) < 4.78 is 22.5. The molecule has 41 heavy (non-hydrogen) atoms. The van der Waals surface area contributed by atoms with Gasteiger partial charge in [-0.05, 0) is 41.8 Å². The molecule has 3 aromatic rings. The van der Waals surface area contributed by atoms with Crippen LogP contribution in [0.1, 0.15) is 12.3 Å². The standard InChI is InChI=1S/C28H34N2O11/c1-13-29-30-27(38-13)16-4-2-14(3-5-16)15-6-8-17(9-7-15)39-28-23(34)18(22(33)20(11-31)41-28)10-19-24(35)26(37)25(36)21(12-32)40-19/h2-9,18-26,28,31-37H,10-12H2,1H3/t18-,19+,20+,21+,22-,23-,24+,25+,26+,28-/m0/s1. The van der Waals surface area contributed by atoms with Crippen LogP contribution in [0.2, 0.25) is 0 Å². The van der Waals surface area contributed by atoms with Gasteiger partial charge in [-0.25, -0.2) is 0 Å². The third kappa shape index (κ3) is 6.14. The van der Waals surface area contributed by atoms with Gasteiger partial charge in [0, 0.05) is 18.4 Å². The van der Waals surface area contributed by atoms with Crippen LogP contribution in [0.5, 0.6) is 5.75 Å². The van der Waals surface area contributed by atoms with Gasteiger partial charge in [-0.2, -0.15) is 0 Å². The molecule has 0 spiro atoms. The molecule has 2 saturated heterocycles. The lowest BCUT2D eigenvalue weighted by Crippen LogP contribution is -2.62. The summed E-state index contributed by atoms with van der Waals surface area (Å²) in [6, 6.07) is 14.6. The number of aliphatic hydroxyl groups excluding tert-OH is 7. The minimum Gasteiger partial charge on any atom is -0.462 e. The molecule has 0 unspecified atom stereocenters. The number of hydrogen-bond acceptors (Lipinski definition) is 13. The highest BCUT2D eigenvalue weighted by Gasteiger charge is 2.50. The van der Waals surface area contributed by atoms with Crippen molar-refractivity contribution in [3.63, 3.8) is 0 Å². The zero-order chi connectivity index (χ0) is 29.3. The van der Waals surface area contributed by atoms with Crippen molar-refractivity contribution in [2.24, 2.45) is 5.92 Å². The SMILES string of the molecule is Cc1nnc(-c2ccc(-c3ccc(O[C@H]4O[C@H](CO)[C@@H](O)[C@H](C[C@H]5O[C@H](CO)[C@@H](O)[C@H](O)[C@@H]5O)[C@@H]4O)cc3)cc2)o1. The average Bonchev–Trinajstić information content (AvgIpc) is 3.43. The molecule has 2 fully saturated rings. The molecule has 10 atom stereocenters. The molecule has 7 N–H and O–H groups in total. The maximum Gasteiger partial charge on any atom is 0.247 e. The molecule has 2 aliphatic heterocycles. The highest BCUT2D eigenvalue weighted by molar-refractivity contribution is 5.67. The first-order chi connectivity index (χ1) is 19.7. The number of nitrogens with zero attached hydrogens (tertiary/aromatic N) is 2. The van der Waals surface area contributed by atoms with E-state index in [2.05, 4.69) is 10.2 Å². The number of rotatable bonds is 8. The molecule has 0 amide bonds. The van der Waals surface area contributed by atoms with Crippen LogP contribution in [0.25, 0.3) is 22.6 Å². The predicted molar refractivity (Wildman–Crippen MR) is 140 cm³/mol. The van der Waals surface area contributed by atoms with E-state index in [0.717, 1.165) is 16.7 Å². The Hall–Kier alpha value is -2.98. The molecular weight excluding hydrogens is 540 g/mol. The first kappa shape index (κ1) is 29.5. The van der Waals surface area contributed by atoms with Crippen LogP contribution in [-0.2, 0) is 9.47 Å². The highest BCUT2D eigenvalue weighted by Crippen LogP contribution is 2.35. The Balaban J connectivity index is 1.27. The quantitative estimate of drug-likeness (QED) is 0.179. The number of aromatic nitrogens is 2. The Kier molecular flexibility index (Phi) is 8.99. The molecule has 3 heterocycles. The molecule has 2 aromatic carbocycles. The van der Waals surface area contributed by atoms with Gasteiger partial charge in [0.05, 0.1) is 25.4 Å². The van der Waals surface area contributed by atoms with Crippen molar-refractivity contribution in [3.05, 3.63) is 54.4 Å². The van der Waals surface area contributed by atoms with Crippen LogP contribution in [0.3, 0.4) is 0 Å². The molecule has 0 bridgehead atoms. The first-order valence-electron chi connectivity index (χ1n) is 13.3. The summed E-state index contributed by atoms with van der Waals surface area (Å²) >= 11 is 0. The van der Waals surface area contributed by atoms with E-state index in [-0.39, 0.29) is 6.42 Å². The Bertz CT molecular complexity index is 1270. The zero-order valence-electron chi connectivity index (χ0n) is 22.2. The zero-order valence-corrected chi connectivity index (χ0v) is 22.2. The molecule has 2 aliphatic rings. The van der Waals surface area contributed by atoms with Crippen molar-refractivity contribution < 1.29 is 54.4 Å². The molecule has 222 valence electrons. The molecule has 0 aliphatic carbocycles. The summed E-state index contributed by atoms with van der Waals surface area (Å²) in [4.78, 5) is 0. The summed E-state index contributed by atoms with van der Waals surface area (Å²) in [7, 11) is 0. The summed E-state index contributed by atoms with van der Waals surface area (Å²) in [6.45, 7) is 0.541. The van der Waals surface area contributed by atoms with Crippen LogP contribution in [0.4, 0.5) is 0 Å². The van der Waals surface area contributed by atoms with Crippen LogP contribution in [-0.4, -0.2) is 114 Å². The lowest BCUT2D eigenvalue weighted by molar-refractivity contribution is -0.278. The Morgan fingerprint density at radius 1 is 0.659 bits per heavy atom. The van der Waals surface area contributed by atoms with Crippen molar-refractivity contribution in [3.8, 4) is 28.3 Å². The van der Waals surface area contributed by atoms with Crippen LogP contribution >= 0.6 is 0 Å². The van der Waals surface area contributed by atoms with Gasteiger partial charge in [-0.3, -0.25) is 0 Å². The lowest BCUT2D eigenvalue weighted by atomic mass is 9.81.